The van der Waals surface area contributed by atoms with Gasteiger partial charge in [0.2, 0.25) is 5.91 Å². The molecule has 1 aliphatic rings. The maximum atomic E-state index is 12.2. The van der Waals surface area contributed by atoms with Crippen molar-refractivity contribution in [2.45, 2.75) is 26.2 Å². The first kappa shape index (κ1) is 18.2. The maximum absolute atomic E-state index is 12.2. The van der Waals surface area contributed by atoms with Gasteiger partial charge in [-0.05, 0) is 42.0 Å². The highest BCUT2D eigenvalue weighted by molar-refractivity contribution is 7.14. The van der Waals surface area contributed by atoms with Crippen molar-refractivity contribution in [3.63, 3.8) is 0 Å². The summed E-state index contributed by atoms with van der Waals surface area (Å²) in [6.07, 6.45) is 8.87. The van der Waals surface area contributed by atoms with Gasteiger partial charge in [-0.3, -0.25) is 4.79 Å². The Bertz CT molecular complexity index is 854. The lowest BCUT2D eigenvalue weighted by Crippen LogP contribution is -2.14. The number of anilines is 1. The van der Waals surface area contributed by atoms with Crippen LogP contribution in [0.1, 0.15) is 31.0 Å². The molecule has 1 heterocycles. The Balaban J connectivity index is 1.60. The van der Waals surface area contributed by atoms with Crippen LogP contribution in [-0.2, 0) is 11.2 Å². The molecule has 6 heteroatoms. The molecule has 1 amide bonds. The number of aromatic hydroxyl groups is 1. The van der Waals surface area contributed by atoms with Crippen molar-refractivity contribution in [1.29, 1.82) is 0 Å². The van der Waals surface area contributed by atoms with Crippen LogP contribution < -0.4 is 10.1 Å². The normalized spacial score (nSPS) is 16.2. The quantitative estimate of drug-likeness (QED) is 0.790. The number of methoxy groups -OCH3 is 1. The number of phenolic OH excluding ortho intramolecular Hbond substituents is 1. The summed E-state index contributed by atoms with van der Waals surface area (Å²) in [7, 11) is 1.49. The summed E-state index contributed by atoms with van der Waals surface area (Å²) in [5.74, 6) is 0.848. The second-order valence-corrected chi connectivity index (χ2v) is 7.05. The van der Waals surface area contributed by atoms with Gasteiger partial charge in [0, 0.05) is 5.38 Å². The molecule has 1 unspecified atom stereocenters. The van der Waals surface area contributed by atoms with Crippen LogP contribution in [0.5, 0.6) is 11.5 Å². The minimum Gasteiger partial charge on any atom is -0.504 e. The Morgan fingerprint density at radius 2 is 2.31 bits per heavy atom. The fourth-order valence-electron chi connectivity index (χ4n) is 2.82. The number of thiazole rings is 1. The van der Waals surface area contributed by atoms with Gasteiger partial charge in [-0.15, -0.1) is 11.3 Å². The summed E-state index contributed by atoms with van der Waals surface area (Å²) >= 11 is 1.41. The number of hydrogen-bond donors (Lipinski definition) is 2. The molecule has 0 radical (unpaired) electrons. The number of hydrogen-bond acceptors (Lipinski definition) is 5. The molecule has 1 aromatic heterocycles. The second-order valence-electron chi connectivity index (χ2n) is 6.19. The highest BCUT2D eigenvalue weighted by atomic mass is 32.1. The van der Waals surface area contributed by atoms with Gasteiger partial charge in [-0.25, -0.2) is 4.98 Å². The number of aromatic nitrogens is 1. The number of ether oxygens (including phenoxy) is 1. The molecule has 0 spiro atoms. The van der Waals surface area contributed by atoms with Crippen LogP contribution in [0.3, 0.4) is 0 Å². The van der Waals surface area contributed by atoms with E-state index < -0.39 is 0 Å². The number of benzene rings is 1. The van der Waals surface area contributed by atoms with Crippen molar-refractivity contribution in [2.24, 2.45) is 5.92 Å². The minimum atomic E-state index is -0.172. The molecule has 0 saturated heterocycles. The lowest BCUT2D eigenvalue weighted by atomic mass is 9.94. The topological polar surface area (TPSA) is 71.5 Å². The van der Waals surface area contributed by atoms with Gasteiger partial charge in [0.25, 0.3) is 0 Å². The molecule has 1 aromatic carbocycles. The van der Waals surface area contributed by atoms with Crippen LogP contribution in [-0.4, -0.2) is 23.1 Å². The predicted octanol–water partition coefficient (Wildman–Crippen LogP) is 4.41. The largest absolute Gasteiger partial charge is 0.504 e. The monoisotopic (exact) mass is 370 g/mol. The van der Waals surface area contributed by atoms with Crippen LogP contribution in [0.15, 0.2) is 41.8 Å². The van der Waals surface area contributed by atoms with Crippen LogP contribution in [0, 0.1) is 5.92 Å². The highest BCUT2D eigenvalue weighted by Crippen LogP contribution is 2.29. The summed E-state index contributed by atoms with van der Waals surface area (Å²) < 4.78 is 5.01. The number of nitrogens with zero attached hydrogens (tertiary/aromatic N) is 1. The van der Waals surface area contributed by atoms with Gasteiger partial charge < -0.3 is 15.2 Å². The molecule has 0 aliphatic heterocycles. The summed E-state index contributed by atoms with van der Waals surface area (Å²) in [6, 6.07) is 4.94. The van der Waals surface area contributed by atoms with Crippen molar-refractivity contribution < 1.29 is 14.6 Å². The zero-order chi connectivity index (χ0) is 18.5. The summed E-state index contributed by atoms with van der Waals surface area (Å²) in [6.45, 7) is 2.19. The molecule has 2 aromatic rings. The number of rotatable bonds is 6. The standard InChI is InChI=1S/C20H22N2O3S/c1-3-13-4-7-15(8-5-13)16-12-26-20(21-16)22-19(24)11-14-6-9-18(25-2)17(23)10-14/h4,6-10,12-13,23H,3,5,11H2,1-2H3,(H,21,22,24). The minimum absolute atomic E-state index is 0.0238. The molecule has 3 rings (SSSR count). The smallest absolute Gasteiger partial charge is 0.230 e. The maximum Gasteiger partial charge on any atom is 0.230 e. The average molecular weight is 370 g/mol. The van der Waals surface area contributed by atoms with E-state index in [2.05, 4.69) is 35.5 Å². The molecular formula is C20H22N2O3S. The third kappa shape index (κ3) is 4.32. The first-order chi connectivity index (χ1) is 12.6. The van der Waals surface area contributed by atoms with Crippen molar-refractivity contribution in [3.05, 3.63) is 53.1 Å². The zero-order valence-electron chi connectivity index (χ0n) is 14.9. The lowest BCUT2D eigenvalue weighted by Gasteiger charge is -2.12. The van der Waals surface area contributed by atoms with E-state index in [0.29, 0.717) is 22.4 Å². The third-order valence-electron chi connectivity index (χ3n) is 4.37. The van der Waals surface area contributed by atoms with Gasteiger partial charge in [-0.1, -0.05) is 31.2 Å². The number of amides is 1. The van der Waals surface area contributed by atoms with Crippen molar-refractivity contribution in [1.82, 2.24) is 4.98 Å². The van der Waals surface area contributed by atoms with Crippen LogP contribution in [0.2, 0.25) is 0 Å². The number of carbonyl (C=O) groups excluding carboxylic acids is 1. The molecule has 2 N–H and O–H groups in total. The van der Waals surface area contributed by atoms with E-state index in [9.17, 15) is 9.90 Å². The van der Waals surface area contributed by atoms with E-state index in [4.69, 9.17) is 4.74 Å². The van der Waals surface area contributed by atoms with Gasteiger partial charge in [0.05, 0.1) is 19.2 Å². The molecule has 0 saturated carbocycles. The van der Waals surface area contributed by atoms with Crippen molar-refractivity contribution in [3.8, 4) is 11.5 Å². The number of allylic oxidation sites excluding steroid dienone is 4. The molecule has 0 bridgehead atoms. The third-order valence-corrected chi connectivity index (χ3v) is 5.12. The molecular weight excluding hydrogens is 348 g/mol. The molecule has 5 nitrogen and oxygen atoms in total. The highest BCUT2D eigenvalue weighted by Gasteiger charge is 2.13. The Hall–Kier alpha value is -2.60. The predicted molar refractivity (Wildman–Crippen MR) is 105 cm³/mol. The molecule has 26 heavy (non-hydrogen) atoms. The number of carbonyl (C=O) groups is 1. The summed E-state index contributed by atoms with van der Waals surface area (Å²) in [4.78, 5) is 16.7. The zero-order valence-corrected chi connectivity index (χ0v) is 15.7. The van der Waals surface area contributed by atoms with Gasteiger partial charge in [0.15, 0.2) is 16.6 Å². The fourth-order valence-corrected chi connectivity index (χ4v) is 3.55. The van der Waals surface area contributed by atoms with Gasteiger partial charge >= 0.3 is 0 Å². The number of phenols is 1. The Morgan fingerprint density at radius 3 is 2.96 bits per heavy atom. The molecule has 1 aliphatic carbocycles. The molecule has 1 atom stereocenters. The van der Waals surface area contributed by atoms with Crippen molar-refractivity contribution in [2.75, 3.05) is 12.4 Å². The number of nitrogens with one attached hydrogen (secondary N) is 1. The fraction of sp³-hybridized carbons (Fsp3) is 0.300. The van der Waals surface area contributed by atoms with E-state index >= 15 is 0 Å². The first-order valence-corrected chi connectivity index (χ1v) is 9.47. The first-order valence-electron chi connectivity index (χ1n) is 8.59. The van der Waals surface area contributed by atoms with E-state index in [0.717, 1.165) is 24.1 Å². The Labute approximate surface area is 157 Å². The molecule has 136 valence electrons. The van der Waals surface area contributed by atoms with Crippen LogP contribution >= 0.6 is 11.3 Å². The van der Waals surface area contributed by atoms with E-state index in [1.807, 2.05) is 5.38 Å². The van der Waals surface area contributed by atoms with Crippen LogP contribution in [0.4, 0.5) is 5.13 Å². The summed E-state index contributed by atoms with van der Waals surface area (Å²) in [5.41, 5.74) is 2.70. The lowest BCUT2D eigenvalue weighted by molar-refractivity contribution is -0.115. The van der Waals surface area contributed by atoms with Gasteiger partial charge in [-0.2, -0.15) is 0 Å². The van der Waals surface area contributed by atoms with E-state index in [1.54, 1.807) is 12.1 Å². The van der Waals surface area contributed by atoms with E-state index in [-0.39, 0.29) is 18.1 Å². The Kier molecular flexibility index (Phi) is 5.73. The molecule has 0 fully saturated rings. The van der Waals surface area contributed by atoms with Gasteiger partial charge in [0.1, 0.15) is 0 Å². The van der Waals surface area contributed by atoms with Crippen molar-refractivity contribution >= 4 is 27.9 Å². The average Bonchev–Trinajstić information content (AvgIpc) is 3.10. The van der Waals surface area contributed by atoms with Crippen LogP contribution in [0.25, 0.3) is 5.57 Å². The van der Waals surface area contributed by atoms with E-state index in [1.165, 1.54) is 24.5 Å². The summed E-state index contributed by atoms with van der Waals surface area (Å²) in [5, 5.41) is 15.2. The Morgan fingerprint density at radius 1 is 1.46 bits per heavy atom. The SMILES string of the molecule is CCC1C=CC(c2csc(NC(=O)Cc3ccc(OC)c(O)c3)n2)=CC1. The second kappa shape index (κ2) is 8.19.